The molecule has 17 heavy (non-hydrogen) atoms. The van der Waals surface area contributed by atoms with Gasteiger partial charge in [0.05, 0.1) is 7.11 Å². The number of hydrogen-bond acceptors (Lipinski definition) is 2. The van der Waals surface area contributed by atoms with E-state index in [1.165, 1.54) is 11.1 Å². The van der Waals surface area contributed by atoms with Crippen LogP contribution in [0.2, 0.25) is 0 Å². The van der Waals surface area contributed by atoms with Crippen molar-refractivity contribution in [1.29, 1.82) is 0 Å². The van der Waals surface area contributed by atoms with Gasteiger partial charge in [-0.15, -0.1) is 11.6 Å². The molecule has 0 amide bonds. The van der Waals surface area contributed by atoms with E-state index in [-0.39, 0.29) is 0 Å². The molecule has 0 N–H and O–H groups in total. The molecular formula is C14H22ClNO. The van der Waals surface area contributed by atoms with E-state index in [1.807, 2.05) is 0 Å². The highest BCUT2D eigenvalue weighted by Gasteiger charge is 2.05. The Bertz CT molecular complexity index is 341. The van der Waals surface area contributed by atoms with E-state index in [1.54, 1.807) is 7.11 Å². The molecule has 0 aliphatic heterocycles. The standard InChI is InChI=1S/C14H22ClNO/c1-4-12-5-6-14(17-3)13(11-12)7-9-16(2)10-8-15/h5-6,11H,4,7-10H2,1-3H3. The summed E-state index contributed by atoms with van der Waals surface area (Å²) in [5, 5.41) is 0. The number of halogens is 1. The largest absolute Gasteiger partial charge is 0.496 e. The number of methoxy groups -OCH3 is 1. The Morgan fingerprint density at radius 2 is 2.06 bits per heavy atom. The zero-order chi connectivity index (χ0) is 12.7. The predicted molar refractivity (Wildman–Crippen MR) is 74.3 cm³/mol. The van der Waals surface area contributed by atoms with Gasteiger partial charge in [-0.3, -0.25) is 0 Å². The lowest BCUT2D eigenvalue weighted by atomic mass is 10.0. The van der Waals surface area contributed by atoms with Crippen LogP contribution in [0.15, 0.2) is 18.2 Å². The summed E-state index contributed by atoms with van der Waals surface area (Å²) in [6, 6.07) is 6.44. The third kappa shape index (κ3) is 4.57. The van der Waals surface area contributed by atoms with Crippen LogP contribution in [-0.2, 0) is 12.8 Å². The van der Waals surface area contributed by atoms with Crippen LogP contribution in [0.4, 0.5) is 0 Å². The first kappa shape index (κ1) is 14.3. The maximum Gasteiger partial charge on any atom is 0.122 e. The van der Waals surface area contributed by atoms with Crippen LogP contribution in [0.5, 0.6) is 5.75 Å². The minimum atomic E-state index is 0.683. The zero-order valence-corrected chi connectivity index (χ0v) is 11.8. The molecule has 0 aromatic heterocycles. The molecule has 0 spiro atoms. The lowest BCUT2D eigenvalue weighted by Crippen LogP contribution is -2.23. The normalized spacial score (nSPS) is 10.9. The van der Waals surface area contributed by atoms with E-state index in [0.717, 1.165) is 31.7 Å². The molecule has 0 saturated carbocycles. The van der Waals surface area contributed by atoms with E-state index < -0.39 is 0 Å². The maximum absolute atomic E-state index is 5.72. The van der Waals surface area contributed by atoms with Crippen molar-refractivity contribution in [3.8, 4) is 5.75 Å². The molecule has 0 fully saturated rings. The molecule has 0 radical (unpaired) electrons. The van der Waals surface area contributed by atoms with Gasteiger partial charge >= 0.3 is 0 Å². The van der Waals surface area contributed by atoms with Crippen LogP contribution >= 0.6 is 11.6 Å². The molecule has 0 aliphatic carbocycles. The van der Waals surface area contributed by atoms with Crippen LogP contribution in [0.3, 0.4) is 0 Å². The number of alkyl halides is 1. The molecule has 3 heteroatoms. The van der Waals surface area contributed by atoms with Gasteiger partial charge in [-0.1, -0.05) is 19.1 Å². The van der Waals surface area contributed by atoms with E-state index in [2.05, 4.69) is 37.1 Å². The molecule has 0 aliphatic rings. The van der Waals surface area contributed by atoms with Crippen molar-refractivity contribution in [2.24, 2.45) is 0 Å². The number of nitrogens with zero attached hydrogens (tertiary/aromatic N) is 1. The first-order chi connectivity index (χ1) is 8.21. The Labute approximate surface area is 110 Å². The topological polar surface area (TPSA) is 12.5 Å². The fourth-order valence-electron chi connectivity index (χ4n) is 1.81. The first-order valence-electron chi connectivity index (χ1n) is 6.11. The minimum absolute atomic E-state index is 0.683. The van der Waals surface area contributed by atoms with Gasteiger partial charge in [0.15, 0.2) is 0 Å². The van der Waals surface area contributed by atoms with Gasteiger partial charge in [-0.25, -0.2) is 0 Å². The van der Waals surface area contributed by atoms with Crippen LogP contribution in [0, 0.1) is 0 Å². The fraction of sp³-hybridized carbons (Fsp3) is 0.571. The maximum atomic E-state index is 5.72. The van der Waals surface area contributed by atoms with Gasteiger partial charge in [0.25, 0.3) is 0 Å². The molecule has 1 rings (SSSR count). The number of ether oxygens (including phenoxy) is 1. The van der Waals surface area contributed by atoms with Crippen molar-refractivity contribution in [2.75, 3.05) is 33.1 Å². The fourth-order valence-corrected chi connectivity index (χ4v) is 2.10. The van der Waals surface area contributed by atoms with Gasteiger partial charge in [0, 0.05) is 19.0 Å². The highest BCUT2D eigenvalue weighted by Crippen LogP contribution is 2.20. The van der Waals surface area contributed by atoms with Gasteiger partial charge in [0.1, 0.15) is 5.75 Å². The van der Waals surface area contributed by atoms with Crippen molar-refractivity contribution in [1.82, 2.24) is 4.90 Å². The molecule has 0 heterocycles. The molecule has 2 nitrogen and oxygen atoms in total. The molecule has 0 saturated heterocycles. The summed E-state index contributed by atoms with van der Waals surface area (Å²) >= 11 is 5.72. The molecule has 0 unspecified atom stereocenters. The Morgan fingerprint density at radius 3 is 2.65 bits per heavy atom. The van der Waals surface area contributed by atoms with Gasteiger partial charge in [-0.05, 0) is 37.1 Å². The highest BCUT2D eigenvalue weighted by molar-refractivity contribution is 6.18. The monoisotopic (exact) mass is 255 g/mol. The summed E-state index contributed by atoms with van der Waals surface area (Å²) < 4.78 is 5.39. The van der Waals surface area contributed by atoms with Crippen LogP contribution in [-0.4, -0.2) is 38.0 Å². The lowest BCUT2D eigenvalue weighted by Gasteiger charge is -2.16. The average molecular weight is 256 g/mol. The minimum Gasteiger partial charge on any atom is -0.496 e. The Hall–Kier alpha value is -0.730. The van der Waals surface area contributed by atoms with Crippen LogP contribution < -0.4 is 4.74 Å². The van der Waals surface area contributed by atoms with Gasteiger partial charge < -0.3 is 9.64 Å². The predicted octanol–water partition coefficient (Wildman–Crippen LogP) is 2.97. The van der Waals surface area contributed by atoms with Gasteiger partial charge in [-0.2, -0.15) is 0 Å². The second-order valence-corrected chi connectivity index (χ2v) is 4.62. The SMILES string of the molecule is CCc1ccc(OC)c(CCN(C)CCCl)c1. The lowest BCUT2D eigenvalue weighted by molar-refractivity contribution is 0.354. The quantitative estimate of drug-likeness (QED) is 0.695. The van der Waals surface area contributed by atoms with E-state index in [9.17, 15) is 0 Å². The molecule has 1 aromatic carbocycles. The van der Waals surface area contributed by atoms with E-state index in [4.69, 9.17) is 16.3 Å². The zero-order valence-electron chi connectivity index (χ0n) is 11.0. The third-order valence-electron chi connectivity index (χ3n) is 2.98. The third-order valence-corrected chi connectivity index (χ3v) is 3.15. The van der Waals surface area contributed by atoms with Crippen molar-refractivity contribution in [3.63, 3.8) is 0 Å². The second kappa shape index (κ2) is 7.57. The number of rotatable bonds is 7. The molecule has 0 bridgehead atoms. The summed E-state index contributed by atoms with van der Waals surface area (Å²) in [4.78, 5) is 2.24. The summed E-state index contributed by atoms with van der Waals surface area (Å²) in [6.45, 7) is 4.11. The van der Waals surface area contributed by atoms with Crippen LogP contribution in [0.1, 0.15) is 18.1 Å². The number of hydrogen-bond donors (Lipinski definition) is 0. The van der Waals surface area contributed by atoms with Gasteiger partial charge in [0.2, 0.25) is 0 Å². The van der Waals surface area contributed by atoms with Crippen molar-refractivity contribution < 1.29 is 4.74 Å². The smallest absolute Gasteiger partial charge is 0.122 e. The van der Waals surface area contributed by atoms with E-state index in [0.29, 0.717) is 5.88 Å². The van der Waals surface area contributed by atoms with Crippen molar-refractivity contribution >= 4 is 11.6 Å². The molecule has 96 valence electrons. The Balaban J connectivity index is 2.67. The summed E-state index contributed by atoms with van der Waals surface area (Å²) in [5.41, 5.74) is 2.65. The molecular weight excluding hydrogens is 234 g/mol. The van der Waals surface area contributed by atoms with Crippen molar-refractivity contribution in [2.45, 2.75) is 19.8 Å². The van der Waals surface area contributed by atoms with Crippen LogP contribution in [0.25, 0.3) is 0 Å². The Morgan fingerprint density at radius 1 is 1.29 bits per heavy atom. The first-order valence-corrected chi connectivity index (χ1v) is 6.65. The highest BCUT2D eigenvalue weighted by atomic mass is 35.5. The average Bonchev–Trinajstić information content (AvgIpc) is 2.36. The van der Waals surface area contributed by atoms with Crippen molar-refractivity contribution in [3.05, 3.63) is 29.3 Å². The summed E-state index contributed by atoms with van der Waals surface area (Å²) in [6.07, 6.45) is 2.07. The number of benzene rings is 1. The number of likely N-dealkylation sites (N-methyl/N-ethyl adjacent to an activating group) is 1. The number of aryl methyl sites for hydroxylation is 1. The summed E-state index contributed by atoms with van der Waals surface area (Å²) in [5.74, 6) is 1.67. The molecule has 1 aromatic rings. The van der Waals surface area contributed by atoms with E-state index >= 15 is 0 Å². The Kier molecular flexibility index (Phi) is 6.38. The summed E-state index contributed by atoms with van der Waals surface area (Å²) in [7, 11) is 3.82. The second-order valence-electron chi connectivity index (χ2n) is 4.24. The molecule has 0 atom stereocenters.